The first-order valence-corrected chi connectivity index (χ1v) is 7.58. The Morgan fingerprint density at radius 1 is 1.62 bits per heavy atom. The van der Waals surface area contributed by atoms with Crippen molar-refractivity contribution in [1.29, 1.82) is 0 Å². The summed E-state index contributed by atoms with van der Waals surface area (Å²) in [5.41, 5.74) is 0. The van der Waals surface area contributed by atoms with Crippen LogP contribution in [0.1, 0.15) is 31.6 Å². The molecule has 1 aromatic heterocycles. The summed E-state index contributed by atoms with van der Waals surface area (Å²) in [6.07, 6.45) is 2.38. The van der Waals surface area contributed by atoms with Gasteiger partial charge in [-0.15, -0.1) is 23.1 Å². The van der Waals surface area contributed by atoms with Crippen LogP contribution in [0.3, 0.4) is 0 Å². The van der Waals surface area contributed by atoms with Gasteiger partial charge in [0.15, 0.2) is 0 Å². The van der Waals surface area contributed by atoms with Crippen molar-refractivity contribution in [2.75, 3.05) is 5.75 Å². The van der Waals surface area contributed by atoms with Crippen LogP contribution in [0.15, 0.2) is 17.5 Å². The summed E-state index contributed by atoms with van der Waals surface area (Å²) in [6.45, 7) is 4.81. The third-order valence-electron chi connectivity index (χ3n) is 2.25. The molecule has 1 heterocycles. The van der Waals surface area contributed by atoms with Crippen LogP contribution in [0.25, 0.3) is 0 Å². The molecule has 1 N–H and O–H groups in total. The number of nitrogens with one attached hydrogen (secondary N) is 1. The monoisotopic (exact) mass is 257 g/mol. The van der Waals surface area contributed by atoms with Gasteiger partial charge in [0, 0.05) is 4.88 Å². The highest BCUT2D eigenvalue weighted by atomic mass is 32.2. The Labute approximate surface area is 106 Å². The van der Waals surface area contributed by atoms with E-state index >= 15 is 0 Å². The number of amides is 1. The maximum atomic E-state index is 11.7. The van der Waals surface area contributed by atoms with E-state index in [-0.39, 0.29) is 11.2 Å². The molecule has 0 aromatic carbocycles. The fraction of sp³-hybridized carbons (Fsp3) is 0.583. The number of hydrogen-bond donors (Lipinski definition) is 1. The third kappa shape index (κ3) is 5.03. The van der Waals surface area contributed by atoms with Crippen molar-refractivity contribution in [2.24, 2.45) is 0 Å². The van der Waals surface area contributed by atoms with Crippen LogP contribution >= 0.6 is 23.1 Å². The first-order chi connectivity index (χ1) is 7.74. The van der Waals surface area contributed by atoms with Crippen LogP contribution in [0.2, 0.25) is 0 Å². The number of thioether (sulfide) groups is 1. The van der Waals surface area contributed by atoms with Gasteiger partial charge >= 0.3 is 0 Å². The van der Waals surface area contributed by atoms with Gasteiger partial charge in [0.2, 0.25) is 5.91 Å². The Hall–Kier alpha value is -0.480. The van der Waals surface area contributed by atoms with Crippen LogP contribution in [0, 0.1) is 0 Å². The second-order valence-electron chi connectivity index (χ2n) is 3.66. The van der Waals surface area contributed by atoms with E-state index in [1.54, 1.807) is 23.1 Å². The Balaban J connectivity index is 2.18. The fourth-order valence-electron chi connectivity index (χ4n) is 1.21. The molecule has 0 fully saturated rings. The molecule has 0 radical (unpaired) electrons. The van der Waals surface area contributed by atoms with Crippen molar-refractivity contribution in [3.63, 3.8) is 0 Å². The Morgan fingerprint density at radius 3 is 3.06 bits per heavy atom. The van der Waals surface area contributed by atoms with Crippen molar-refractivity contribution < 1.29 is 4.79 Å². The molecule has 1 amide bonds. The maximum Gasteiger partial charge on any atom is 0.233 e. The van der Waals surface area contributed by atoms with E-state index in [4.69, 9.17) is 0 Å². The van der Waals surface area contributed by atoms with Crippen LogP contribution in [0.5, 0.6) is 0 Å². The standard InChI is InChI=1S/C12H19NOS2/c1-3-4-7-15-10(2)12(14)13-9-11-6-5-8-16-11/h5-6,8,10H,3-4,7,9H2,1-2H3,(H,13,14). The molecule has 0 bridgehead atoms. The molecule has 1 unspecified atom stereocenters. The number of carbonyl (C=O) groups excluding carboxylic acids is 1. The van der Waals surface area contributed by atoms with Gasteiger partial charge in [0.1, 0.15) is 0 Å². The summed E-state index contributed by atoms with van der Waals surface area (Å²) >= 11 is 3.41. The van der Waals surface area contributed by atoms with Crippen molar-refractivity contribution in [3.05, 3.63) is 22.4 Å². The summed E-state index contributed by atoms with van der Waals surface area (Å²) in [7, 11) is 0. The Bertz CT molecular complexity index is 298. The van der Waals surface area contributed by atoms with Gasteiger partial charge in [0.25, 0.3) is 0 Å². The summed E-state index contributed by atoms with van der Waals surface area (Å²) in [5.74, 6) is 1.22. The van der Waals surface area contributed by atoms with Gasteiger partial charge in [-0.3, -0.25) is 4.79 Å². The van der Waals surface area contributed by atoms with E-state index in [1.165, 1.54) is 17.7 Å². The second-order valence-corrected chi connectivity index (χ2v) is 6.14. The van der Waals surface area contributed by atoms with Gasteiger partial charge in [-0.25, -0.2) is 0 Å². The predicted octanol–water partition coefficient (Wildman–Crippen LogP) is 3.29. The topological polar surface area (TPSA) is 29.1 Å². The second kappa shape index (κ2) is 7.74. The van der Waals surface area contributed by atoms with Gasteiger partial charge in [-0.2, -0.15) is 0 Å². The zero-order chi connectivity index (χ0) is 11.8. The van der Waals surface area contributed by atoms with Crippen molar-refractivity contribution in [1.82, 2.24) is 5.32 Å². The molecule has 0 aliphatic rings. The average Bonchev–Trinajstić information content (AvgIpc) is 2.79. The molecule has 0 aliphatic heterocycles. The molecule has 16 heavy (non-hydrogen) atoms. The lowest BCUT2D eigenvalue weighted by Gasteiger charge is -2.10. The van der Waals surface area contributed by atoms with E-state index in [0.29, 0.717) is 6.54 Å². The highest BCUT2D eigenvalue weighted by molar-refractivity contribution is 8.00. The minimum Gasteiger partial charge on any atom is -0.350 e. The molecule has 4 heteroatoms. The zero-order valence-corrected chi connectivity index (χ0v) is 11.5. The number of carbonyl (C=O) groups is 1. The first-order valence-electron chi connectivity index (χ1n) is 5.65. The number of rotatable bonds is 7. The minimum absolute atomic E-state index is 0.0616. The van der Waals surface area contributed by atoms with E-state index < -0.39 is 0 Å². The molecule has 2 nitrogen and oxygen atoms in total. The molecular weight excluding hydrogens is 238 g/mol. The number of hydrogen-bond acceptors (Lipinski definition) is 3. The lowest BCUT2D eigenvalue weighted by molar-refractivity contribution is -0.120. The average molecular weight is 257 g/mol. The summed E-state index contributed by atoms with van der Waals surface area (Å²) in [4.78, 5) is 12.9. The van der Waals surface area contributed by atoms with Crippen molar-refractivity contribution in [2.45, 2.75) is 38.5 Å². The summed E-state index contributed by atoms with van der Waals surface area (Å²) in [6, 6.07) is 4.05. The number of thiophene rings is 1. The molecule has 0 saturated heterocycles. The fourth-order valence-corrected chi connectivity index (χ4v) is 2.90. The van der Waals surface area contributed by atoms with Gasteiger partial charge < -0.3 is 5.32 Å². The molecule has 0 spiro atoms. The molecule has 1 atom stereocenters. The maximum absolute atomic E-state index is 11.7. The highest BCUT2D eigenvalue weighted by Gasteiger charge is 2.12. The van der Waals surface area contributed by atoms with Crippen LogP contribution in [-0.4, -0.2) is 16.9 Å². The third-order valence-corrected chi connectivity index (χ3v) is 4.37. The van der Waals surface area contributed by atoms with Crippen molar-refractivity contribution >= 4 is 29.0 Å². The molecule has 1 rings (SSSR count). The molecule has 0 aliphatic carbocycles. The first kappa shape index (κ1) is 13.6. The summed E-state index contributed by atoms with van der Waals surface area (Å²) < 4.78 is 0. The Kier molecular flexibility index (Phi) is 6.57. The molecule has 1 aromatic rings. The van der Waals surface area contributed by atoms with Crippen molar-refractivity contribution in [3.8, 4) is 0 Å². The SMILES string of the molecule is CCCCSC(C)C(=O)NCc1cccs1. The van der Waals surface area contributed by atoms with E-state index in [9.17, 15) is 4.79 Å². The lowest BCUT2D eigenvalue weighted by atomic mass is 10.4. The number of unbranched alkanes of at least 4 members (excludes halogenated alkanes) is 1. The Morgan fingerprint density at radius 2 is 2.44 bits per heavy atom. The highest BCUT2D eigenvalue weighted by Crippen LogP contribution is 2.13. The quantitative estimate of drug-likeness (QED) is 0.759. The van der Waals surface area contributed by atoms with Gasteiger partial charge in [0.05, 0.1) is 11.8 Å². The van der Waals surface area contributed by atoms with Gasteiger partial charge in [-0.1, -0.05) is 19.4 Å². The zero-order valence-electron chi connectivity index (χ0n) is 9.86. The molecule has 0 saturated carbocycles. The van der Waals surface area contributed by atoms with Crippen LogP contribution < -0.4 is 5.32 Å². The smallest absolute Gasteiger partial charge is 0.233 e. The van der Waals surface area contributed by atoms with E-state index in [2.05, 4.69) is 12.2 Å². The molecule has 90 valence electrons. The lowest BCUT2D eigenvalue weighted by Crippen LogP contribution is -2.30. The van der Waals surface area contributed by atoms with Crippen LogP contribution in [-0.2, 0) is 11.3 Å². The minimum atomic E-state index is 0.0616. The summed E-state index contributed by atoms with van der Waals surface area (Å²) in [5, 5.41) is 5.05. The predicted molar refractivity (Wildman–Crippen MR) is 73.0 cm³/mol. The normalized spacial score (nSPS) is 12.4. The molecular formula is C12H19NOS2. The largest absolute Gasteiger partial charge is 0.350 e. The van der Waals surface area contributed by atoms with Gasteiger partial charge in [-0.05, 0) is 30.5 Å². The van der Waals surface area contributed by atoms with Crippen LogP contribution in [0.4, 0.5) is 0 Å². The van der Waals surface area contributed by atoms with E-state index in [1.807, 2.05) is 24.4 Å². The van der Waals surface area contributed by atoms with E-state index in [0.717, 1.165) is 5.75 Å².